The Kier molecular flexibility index (Phi) is 3.10. The van der Waals surface area contributed by atoms with E-state index in [4.69, 9.17) is 0 Å². The maximum Gasteiger partial charge on any atom is 0.164 e. The lowest BCUT2D eigenvalue weighted by Gasteiger charge is -2.67. The molecule has 3 aliphatic rings. The number of hydrogen-bond donors (Lipinski definition) is 3. The van der Waals surface area contributed by atoms with Gasteiger partial charge in [0, 0.05) is 28.4 Å². The highest BCUT2D eigenvalue weighted by molar-refractivity contribution is 5.90. The molecular formula is C21H28O4. The van der Waals surface area contributed by atoms with Gasteiger partial charge in [-0.1, -0.05) is 20.8 Å². The lowest BCUT2D eigenvalue weighted by atomic mass is 9.36. The first-order valence-electron chi connectivity index (χ1n) is 9.33. The molecule has 5 atom stereocenters. The number of aromatic hydroxyl groups is 2. The summed E-state index contributed by atoms with van der Waals surface area (Å²) in [5.74, 6) is 0.660. The highest BCUT2D eigenvalue weighted by Gasteiger charge is 2.74. The van der Waals surface area contributed by atoms with Crippen molar-refractivity contribution >= 4 is 5.78 Å². The molecule has 3 aliphatic carbocycles. The molecule has 0 unspecified atom stereocenters. The number of phenols is 2. The SMILES string of the molecule is C[C@@H]1CC[C@]2(C)[C@@]3(CCC(=O)[C@]2(C)O)c2c(O)ccc(O)c2C[C@@]13C. The summed E-state index contributed by atoms with van der Waals surface area (Å²) < 4.78 is 0. The first-order chi connectivity index (χ1) is 11.5. The van der Waals surface area contributed by atoms with Gasteiger partial charge in [-0.15, -0.1) is 0 Å². The molecule has 4 heteroatoms. The molecule has 4 nitrogen and oxygen atoms in total. The van der Waals surface area contributed by atoms with Crippen molar-refractivity contribution in [2.75, 3.05) is 0 Å². The van der Waals surface area contributed by atoms with E-state index < -0.39 is 16.4 Å². The average molecular weight is 344 g/mol. The van der Waals surface area contributed by atoms with Gasteiger partial charge in [0.2, 0.25) is 0 Å². The summed E-state index contributed by atoms with van der Waals surface area (Å²) in [6.45, 7) is 8.13. The van der Waals surface area contributed by atoms with E-state index in [9.17, 15) is 20.1 Å². The number of carbonyl (C=O) groups excluding carboxylic acids is 1. The minimum atomic E-state index is -1.44. The average Bonchev–Trinajstić information content (AvgIpc) is 2.84. The van der Waals surface area contributed by atoms with Gasteiger partial charge >= 0.3 is 0 Å². The Morgan fingerprint density at radius 3 is 2.40 bits per heavy atom. The number of aliphatic hydroxyl groups is 1. The molecule has 136 valence electrons. The van der Waals surface area contributed by atoms with Gasteiger partial charge in [-0.05, 0) is 56.1 Å². The molecule has 25 heavy (non-hydrogen) atoms. The van der Waals surface area contributed by atoms with Gasteiger partial charge in [0.1, 0.15) is 17.1 Å². The van der Waals surface area contributed by atoms with E-state index in [0.29, 0.717) is 25.2 Å². The van der Waals surface area contributed by atoms with Crippen LogP contribution in [0.1, 0.15) is 64.5 Å². The molecule has 1 spiro atoms. The fourth-order valence-corrected chi connectivity index (χ4v) is 6.82. The van der Waals surface area contributed by atoms with Crippen LogP contribution in [-0.2, 0) is 16.6 Å². The van der Waals surface area contributed by atoms with Crippen LogP contribution in [0.25, 0.3) is 0 Å². The predicted octanol–water partition coefficient (Wildman–Crippen LogP) is 3.45. The van der Waals surface area contributed by atoms with Crippen LogP contribution in [0.2, 0.25) is 0 Å². The second-order valence-corrected chi connectivity index (χ2v) is 9.22. The summed E-state index contributed by atoms with van der Waals surface area (Å²) >= 11 is 0. The number of hydrogen-bond acceptors (Lipinski definition) is 4. The summed E-state index contributed by atoms with van der Waals surface area (Å²) in [4.78, 5) is 12.6. The number of benzene rings is 1. The Labute approximate surface area is 148 Å². The van der Waals surface area contributed by atoms with Crippen molar-refractivity contribution < 1.29 is 20.1 Å². The van der Waals surface area contributed by atoms with E-state index in [2.05, 4.69) is 13.8 Å². The van der Waals surface area contributed by atoms with E-state index in [-0.39, 0.29) is 22.7 Å². The van der Waals surface area contributed by atoms with Gasteiger partial charge < -0.3 is 15.3 Å². The van der Waals surface area contributed by atoms with E-state index in [1.54, 1.807) is 19.1 Å². The quantitative estimate of drug-likeness (QED) is 0.630. The standard InChI is InChI=1S/C21H28O4/c1-12-7-9-19(3)20(4,25)16(24)8-10-21(19)17-13(11-18(12,21)2)14(22)5-6-15(17)23/h5-6,12,22-23,25H,7-11H2,1-4H3/t12-,18+,19+,20+,21+/m1/s1. The number of carbonyl (C=O) groups is 1. The van der Waals surface area contributed by atoms with Gasteiger partial charge in [0.15, 0.2) is 5.78 Å². The summed E-state index contributed by atoms with van der Waals surface area (Å²) in [7, 11) is 0. The van der Waals surface area contributed by atoms with Gasteiger partial charge in [-0.2, -0.15) is 0 Å². The van der Waals surface area contributed by atoms with Crippen LogP contribution in [0.3, 0.4) is 0 Å². The number of fused-ring (bicyclic) bond motifs is 1. The number of rotatable bonds is 0. The van der Waals surface area contributed by atoms with Crippen molar-refractivity contribution in [3.63, 3.8) is 0 Å². The summed E-state index contributed by atoms with van der Waals surface area (Å²) in [6, 6.07) is 3.11. The lowest BCUT2D eigenvalue weighted by Crippen LogP contribution is -2.70. The fraction of sp³-hybridized carbons (Fsp3) is 0.667. The smallest absolute Gasteiger partial charge is 0.164 e. The second kappa shape index (κ2) is 4.59. The van der Waals surface area contributed by atoms with E-state index in [0.717, 1.165) is 24.0 Å². The van der Waals surface area contributed by atoms with E-state index >= 15 is 0 Å². The topological polar surface area (TPSA) is 77.8 Å². The predicted molar refractivity (Wildman–Crippen MR) is 94.6 cm³/mol. The minimum Gasteiger partial charge on any atom is -0.508 e. The Balaban J connectivity index is 2.11. The van der Waals surface area contributed by atoms with Gasteiger partial charge in [0.25, 0.3) is 0 Å². The molecule has 0 aromatic heterocycles. The molecule has 0 aliphatic heterocycles. The Hall–Kier alpha value is -1.55. The first-order valence-corrected chi connectivity index (χ1v) is 9.33. The van der Waals surface area contributed by atoms with Gasteiger partial charge in [0.05, 0.1) is 0 Å². The number of ketones is 1. The molecular weight excluding hydrogens is 316 g/mol. The van der Waals surface area contributed by atoms with Crippen molar-refractivity contribution in [1.29, 1.82) is 0 Å². The molecule has 2 fully saturated rings. The highest BCUT2D eigenvalue weighted by atomic mass is 16.3. The van der Waals surface area contributed by atoms with Gasteiger partial charge in [-0.25, -0.2) is 0 Å². The third-order valence-corrected chi connectivity index (χ3v) is 8.66. The van der Waals surface area contributed by atoms with Crippen molar-refractivity contribution in [3.05, 3.63) is 23.3 Å². The largest absolute Gasteiger partial charge is 0.508 e. The van der Waals surface area contributed by atoms with E-state index in [1.165, 1.54) is 0 Å². The van der Waals surface area contributed by atoms with Gasteiger partial charge in [-0.3, -0.25) is 4.79 Å². The number of Topliss-reactive ketones (excluding diaryl/α,β-unsaturated/α-hetero) is 1. The summed E-state index contributed by atoms with van der Waals surface area (Å²) in [5.41, 5.74) is -1.28. The maximum atomic E-state index is 12.6. The molecule has 3 N–H and O–H groups in total. The third kappa shape index (κ3) is 1.57. The van der Waals surface area contributed by atoms with Crippen LogP contribution >= 0.6 is 0 Å². The fourth-order valence-electron chi connectivity index (χ4n) is 6.82. The van der Waals surface area contributed by atoms with Crippen LogP contribution < -0.4 is 0 Å². The van der Waals surface area contributed by atoms with E-state index in [1.807, 2.05) is 6.92 Å². The van der Waals surface area contributed by atoms with Crippen LogP contribution in [0.5, 0.6) is 11.5 Å². The van der Waals surface area contributed by atoms with Crippen LogP contribution in [0.15, 0.2) is 12.1 Å². The minimum absolute atomic E-state index is 0.106. The molecule has 1 aromatic rings. The zero-order chi connectivity index (χ0) is 18.4. The zero-order valence-electron chi connectivity index (χ0n) is 15.5. The van der Waals surface area contributed by atoms with Crippen LogP contribution in [-0.4, -0.2) is 26.7 Å². The van der Waals surface area contributed by atoms with Crippen LogP contribution in [0.4, 0.5) is 0 Å². The zero-order valence-corrected chi connectivity index (χ0v) is 15.5. The Morgan fingerprint density at radius 1 is 1.08 bits per heavy atom. The third-order valence-electron chi connectivity index (χ3n) is 8.66. The van der Waals surface area contributed by atoms with Crippen LogP contribution in [0, 0.1) is 16.7 Å². The maximum absolute atomic E-state index is 12.6. The normalized spacial score (nSPS) is 45.6. The Morgan fingerprint density at radius 2 is 1.72 bits per heavy atom. The molecule has 4 rings (SSSR count). The van der Waals surface area contributed by atoms with Crippen molar-refractivity contribution in [2.45, 2.75) is 70.8 Å². The number of phenolic OH excluding ortho intramolecular Hbond substituents is 2. The molecule has 0 amide bonds. The molecule has 1 aromatic carbocycles. The molecule has 0 radical (unpaired) electrons. The highest BCUT2D eigenvalue weighted by Crippen LogP contribution is 2.75. The molecule has 2 saturated carbocycles. The monoisotopic (exact) mass is 344 g/mol. The lowest BCUT2D eigenvalue weighted by molar-refractivity contribution is -0.203. The summed E-state index contributed by atoms with van der Waals surface area (Å²) in [5, 5.41) is 32.7. The van der Waals surface area contributed by atoms with Crippen molar-refractivity contribution in [1.82, 2.24) is 0 Å². The van der Waals surface area contributed by atoms with Crippen molar-refractivity contribution in [3.8, 4) is 11.5 Å². The second-order valence-electron chi connectivity index (χ2n) is 9.22. The summed E-state index contributed by atoms with van der Waals surface area (Å²) in [6.07, 6.45) is 3.25. The van der Waals surface area contributed by atoms with Crippen molar-refractivity contribution in [2.24, 2.45) is 16.7 Å². The Bertz CT molecular complexity index is 782. The molecule has 0 saturated heterocycles. The first kappa shape index (κ1) is 16.9. The molecule has 0 bridgehead atoms. The molecule has 0 heterocycles.